The molecule has 3 heterocycles. The predicted molar refractivity (Wildman–Crippen MR) is 116 cm³/mol. The van der Waals surface area contributed by atoms with Gasteiger partial charge < -0.3 is 19.5 Å². The Bertz CT molecular complexity index is 1050. The van der Waals surface area contributed by atoms with Crippen LogP contribution in [0, 0.1) is 6.92 Å². The van der Waals surface area contributed by atoms with E-state index >= 15 is 0 Å². The average Bonchev–Trinajstić information content (AvgIpc) is 3.19. The molecule has 2 aromatic carbocycles. The summed E-state index contributed by atoms with van der Waals surface area (Å²) in [6.45, 7) is 6.51. The first-order valence-corrected chi connectivity index (χ1v) is 10.8. The zero-order chi connectivity index (χ0) is 20.6. The number of nitrogens with one attached hydrogen (secondary N) is 1. The number of imidazole rings is 1. The maximum Gasteiger partial charge on any atom is 0.253 e. The molecule has 2 saturated heterocycles. The number of piperidine rings is 1. The van der Waals surface area contributed by atoms with Crippen molar-refractivity contribution in [2.75, 3.05) is 26.2 Å². The Hall–Kier alpha value is -2.70. The number of hydrogen-bond donors (Lipinski definition) is 1. The smallest absolute Gasteiger partial charge is 0.253 e. The van der Waals surface area contributed by atoms with Crippen LogP contribution in [0.1, 0.15) is 30.1 Å². The number of aryl methyl sites for hydroxylation is 1. The third-order valence-electron chi connectivity index (χ3n) is 6.61. The summed E-state index contributed by atoms with van der Waals surface area (Å²) in [5.74, 6) is -0.0238. The van der Waals surface area contributed by atoms with E-state index in [0.29, 0.717) is 6.54 Å². The number of ether oxygens (including phenoxy) is 1. The minimum absolute atomic E-state index is 0.0238. The molecular formula is C24H28N4O2. The van der Waals surface area contributed by atoms with Gasteiger partial charge in [0.1, 0.15) is 0 Å². The maximum atomic E-state index is 12.5. The van der Waals surface area contributed by atoms with E-state index in [1.165, 1.54) is 5.52 Å². The van der Waals surface area contributed by atoms with Gasteiger partial charge in [-0.1, -0.05) is 36.4 Å². The van der Waals surface area contributed by atoms with Gasteiger partial charge in [0, 0.05) is 32.7 Å². The first kappa shape index (κ1) is 19.3. The molecule has 2 aliphatic rings. The Balaban J connectivity index is 1.22. The van der Waals surface area contributed by atoms with Crippen molar-refractivity contribution < 1.29 is 9.53 Å². The number of morpholine rings is 1. The molecule has 0 saturated carbocycles. The number of aromatic nitrogens is 2. The van der Waals surface area contributed by atoms with Crippen molar-refractivity contribution in [1.29, 1.82) is 0 Å². The summed E-state index contributed by atoms with van der Waals surface area (Å²) in [5.41, 5.74) is 4.04. The van der Waals surface area contributed by atoms with Gasteiger partial charge in [-0.3, -0.25) is 4.79 Å². The molecule has 5 rings (SSSR count). The number of benzene rings is 2. The van der Waals surface area contributed by atoms with Gasteiger partial charge in [0.25, 0.3) is 5.91 Å². The standard InChI is InChI=1S/C24H28N4O2/c1-18-6-2-3-7-19(18)22-23(29)25-16-24(30-22)10-12-27(13-11-24)14-15-28-17-26-20-8-4-5-9-21(20)28/h2-9,17,22H,10-16H2,1H3,(H,25,29). The summed E-state index contributed by atoms with van der Waals surface area (Å²) in [4.78, 5) is 19.5. The van der Waals surface area contributed by atoms with Crippen molar-refractivity contribution in [2.45, 2.75) is 38.0 Å². The third kappa shape index (κ3) is 3.61. The van der Waals surface area contributed by atoms with E-state index < -0.39 is 6.10 Å². The summed E-state index contributed by atoms with van der Waals surface area (Å²) < 4.78 is 8.72. The molecular weight excluding hydrogens is 376 g/mol. The van der Waals surface area contributed by atoms with Crippen LogP contribution in [0.4, 0.5) is 0 Å². The Labute approximate surface area is 176 Å². The number of para-hydroxylation sites is 2. The molecule has 2 aliphatic heterocycles. The molecule has 0 bridgehead atoms. The lowest BCUT2D eigenvalue weighted by atomic mass is 9.88. The van der Waals surface area contributed by atoms with Gasteiger partial charge >= 0.3 is 0 Å². The zero-order valence-electron chi connectivity index (χ0n) is 17.4. The monoisotopic (exact) mass is 404 g/mol. The lowest BCUT2D eigenvalue weighted by Crippen LogP contribution is -2.58. The molecule has 1 spiro atoms. The maximum absolute atomic E-state index is 12.5. The highest BCUT2D eigenvalue weighted by Crippen LogP contribution is 2.36. The van der Waals surface area contributed by atoms with Crippen molar-refractivity contribution in [2.24, 2.45) is 0 Å². The number of carbonyl (C=O) groups excluding carboxylic acids is 1. The predicted octanol–water partition coefficient (Wildman–Crippen LogP) is 3.07. The van der Waals surface area contributed by atoms with E-state index in [4.69, 9.17) is 4.74 Å². The Morgan fingerprint density at radius 3 is 2.70 bits per heavy atom. The van der Waals surface area contributed by atoms with Crippen LogP contribution in [0.25, 0.3) is 11.0 Å². The SMILES string of the molecule is Cc1ccccc1C1OC2(CCN(CCn3cnc4ccccc43)CC2)CNC1=O. The first-order chi connectivity index (χ1) is 14.6. The molecule has 0 radical (unpaired) electrons. The van der Waals surface area contributed by atoms with E-state index in [9.17, 15) is 4.79 Å². The minimum atomic E-state index is -0.510. The zero-order valence-corrected chi connectivity index (χ0v) is 17.4. The van der Waals surface area contributed by atoms with Gasteiger partial charge in [0.2, 0.25) is 0 Å². The molecule has 1 N–H and O–H groups in total. The quantitative estimate of drug-likeness (QED) is 0.726. The summed E-state index contributed by atoms with van der Waals surface area (Å²) in [5, 5.41) is 3.11. The van der Waals surface area contributed by atoms with Crippen LogP contribution in [0.5, 0.6) is 0 Å². The highest BCUT2D eigenvalue weighted by Gasteiger charge is 2.44. The van der Waals surface area contributed by atoms with Crippen LogP contribution in [0.15, 0.2) is 54.9 Å². The van der Waals surface area contributed by atoms with Crippen LogP contribution >= 0.6 is 0 Å². The number of hydrogen-bond acceptors (Lipinski definition) is 4. The number of amides is 1. The minimum Gasteiger partial charge on any atom is -0.355 e. The summed E-state index contributed by atoms with van der Waals surface area (Å²) in [6.07, 6.45) is 3.28. The van der Waals surface area contributed by atoms with Gasteiger partial charge in [0.05, 0.1) is 23.0 Å². The summed E-state index contributed by atoms with van der Waals surface area (Å²) in [6, 6.07) is 16.3. The topological polar surface area (TPSA) is 59.4 Å². The second kappa shape index (κ2) is 7.85. The molecule has 1 atom stereocenters. The van der Waals surface area contributed by atoms with E-state index in [2.05, 4.69) is 38.0 Å². The molecule has 3 aromatic rings. The molecule has 0 aliphatic carbocycles. The summed E-state index contributed by atoms with van der Waals surface area (Å²) >= 11 is 0. The molecule has 1 unspecified atom stereocenters. The number of nitrogens with zero attached hydrogens (tertiary/aromatic N) is 3. The van der Waals surface area contributed by atoms with Crippen LogP contribution in [-0.2, 0) is 16.1 Å². The van der Waals surface area contributed by atoms with E-state index in [0.717, 1.165) is 55.7 Å². The first-order valence-electron chi connectivity index (χ1n) is 10.8. The lowest BCUT2D eigenvalue weighted by Gasteiger charge is -2.46. The largest absolute Gasteiger partial charge is 0.355 e. The van der Waals surface area contributed by atoms with Gasteiger partial charge in [0.15, 0.2) is 6.10 Å². The Morgan fingerprint density at radius 1 is 1.10 bits per heavy atom. The van der Waals surface area contributed by atoms with Gasteiger partial charge in [-0.05, 0) is 43.0 Å². The highest BCUT2D eigenvalue weighted by molar-refractivity contribution is 5.83. The van der Waals surface area contributed by atoms with E-state index in [1.54, 1.807) is 0 Å². The van der Waals surface area contributed by atoms with Crippen molar-refractivity contribution in [3.8, 4) is 0 Å². The van der Waals surface area contributed by atoms with Crippen molar-refractivity contribution in [1.82, 2.24) is 19.8 Å². The second-order valence-electron chi connectivity index (χ2n) is 8.52. The summed E-state index contributed by atoms with van der Waals surface area (Å²) in [7, 11) is 0. The van der Waals surface area contributed by atoms with Crippen molar-refractivity contribution in [3.05, 3.63) is 66.0 Å². The number of carbonyl (C=O) groups is 1. The molecule has 1 aromatic heterocycles. The van der Waals surface area contributed by atoms with Gasteiger partial charge in [-0.2, -0.15) is 0 Å². The molecule has 156 valence electrons. The third-order valence-corrected chi connectivity index (χ3v) is 6.61. The van der Waals surface area contributed by atoms with Gasteiger partial charge in [-0.25, -0.2) is 4.98 Å². The van der Waals surface area contributed by atoms with E-state index in [1.807, 2.05) is 43.6 Å². The fraction of sp³-hybridized carbons (Fsp3) is 0.417. The van der Waals surface area contributed by atoms with Crippen LogP contribution in [0.2, 0.25) is 0 Å². The van der Waals surface area contributed by atoms with Crippen LogP contribution in [0.3, 0.4) is 0 Å². The Kier molecular flexibility index (Phi) is 5.05. The number of rotatable bonds is 4. The number of likely N-dealkylation sites (tertiary alicyclic amines) is 1. The average molecular weight is 405 g/mol. The fourth-order valence-electron chi connectivity index (χ4n) is 4.69. The van der Waals surface area contributed by atoms with Crippen LogP contribution in [-0.4, -0.2) is 52.1 Å². The van der Waals surface area contributed by atoms with Crippen LogP contribution < -0.4 is 5.32 Å². The second-order valence-corrected chi connectivity index (χ2v) is 8.52. The Morgan fingerprint density at radius 2 is 1.87 bits per heavy atom. The molecule has 30 heavy (non-hydrogen) atoms. The normalized spacial score (nSPS) is 21.8. The highest BCUT2D eigenvalue weighted by atomic mass is 16.5. The van der Waals surface area contributed by atoms with Crippen molar-refractivity contribution in [3.63, 3.8) is 0 Å². The molecule has 1 amide bonds. The molecule has 6 heteroatoms. The van der Waals surface area contributed by atoms with Gasteiger partial charge in [-0.15, -0.1) is 0 Å². The number of fused-ring (bicyclic) bond motifs is 1. The van der Waals surface area contributed by atoms with E-state index in [-0.39, 0.29) is 11.5 Å². The lowest BCUT2D eigenvalue weighted by molar-refractivity contribution is -0.172. The molecule has 6 nitrogen and oxygen atoms in total. The van der Waals surface area contributed by atoms with Crippen molar-refractivity contribution >= 4 is 16.9 Å². The molecule has 2 fully saturated rings. The fourth-order valence-corrected chi connectivity index (χ4v) is 4.69.